The number of nitrogens with one attached hydrogen (secondary N) is 1. The van der Waals surface area contributed by atoms with E-state index >= 15 is 0 Å². The number of benzene rings is 1. The van der Waals surface area contributed by atoms with Crippen LogP contribution in [0.3, 0.4) is 0 Å². The summed E-state index contributed by atoms with van der Waals surface area (Å²) >= 11 is 0. The van der Waals surface area contributed by atoms with Gasteiger partial charge in [0.05, 0.1) is 24.5 Å². The Labute approximate surface area is 111 Å². The second-order valence-corrected chi connectivity index (χ2v) is 4.12. The average Bonchev–Trinajstić information content (AvgIpc) is 2.48. The highest BCUT2D eigenvalue weighted by atomic mass is 16.5. The first-order valence-corrected chi connectivity index (χ1v) is 5.97. The molecule has 0 aliphatic rings. The van der Waals surface area contributed by atoms with Gasteiger partial charge in [-0.05, 0) is 42.5 Å². The fourth-order valence-corrected chi connectivity index (χ4v) is 1.88. The van der Waals surface area contributed by atoms with Gasteiger partial charge in [-0.1, -0.05) is 0 Å². The van der Waals surface area contributed by atoms with Crippen molar-refractivity contribution in [3.8, 4) is 5.75 Å². The van der Waals surface area contributed by atoms with Crippen LogP contribution in [0.25, 0.3) is 10.9 Å². The van der Waals surface area contributed by atoms with E-state index in [1.807, 2.05) is 42.5 Å². The third kappa shape index (κ3) is 2.47. The summed E-state index contributed by atoms with van der Waals surface area (Å²) in [6.07, 6.45) is 3.51. The largest absolute Gasteiger partial charge is 0.497 e. The molecule has 0 atom stereocenters. The van der Waals surface area contributed by atoms with Crippen molar-refractivity contribution in [2.45, 2.75) is 0 Å². The molecule has 0 fully saturated rings. The van der Waals surface area contributed by atoms with Gasteiger partial charge in [-0.3, -0.25) is 4.98 Å². The highest BCUT2D eigenvalue weighted by Crippen LogP contribution is 2.22. The lowest BCUT2D eigenvalue weighted by Gasteiger charge is -2.07. The molecule has 3 rings (SSSR count). The third-order valence-corrected chi connectivity index (χ3v) is 2.83. The van der Waals surface area contributed by atoms with Gasteiger partial charge in [0.2, 0.25) is 0 Å². The number of aromatic nitrogens is 2. The molecular weight excluding hydrogens is 238 g/mol. The molecule has 0 bridgehead atoms. The summed E-state index contributed by atoms with van der Waals surface area (Å²) in [6, 6.07) is 13.6. The fraction of sp³-hybridized carbons (Fsp3) is 0.0667. The molecule has 0 spiro atoms. The zero-order valence-electron chi connectivity index (χ0n) is 10.5. The molecule has 0 saturated carbocycles. The first kappa shape index (κ1) is 11.5. The molecule has 0 radical (unpaired) electrons. The lowest BCUT2D eigenvalue weighted by molar-refractivity contribution is 0.415. The summed E-state index contributed by atoms with van der Waals surface area (Å²) in [6.45, 7) is 0. The maximum atomic E-state index is 5.20. The van der Waals surface area contributed by atoms with Crippen LogP contribution in [0, 0.1) is 0 Å². The molecule has 19 heavy (non-hydrogen) atoms. The molecule has 0 saturated heterocycles. The number of methoxy groups -OCH3 is 1. The quantitative estimate of drug-likeness (QED) is 0.775. The van der Waals surface area contributed by atoms with Crippen LogP contribution in [0.2, 0.25) is 0 Å². The Hall–Kier alpha value is -2.62. The summed E-state index contributed by atoms with van der Waals surface area (Å²) in [4.78, 5) is 8.61. The zero-order valence-corrected chi connectivity index (χ0v) is 10.5. The van der Waals surface area contributed by atoms with Crippen molar-refractivity contribution in [1.82, 2.24) is 9.97 Å². The first-order chi connectivity index (χ1) is 9.35. The summed E-state index contributed by atoms with van der Waals surface area (Å²) in [5, 5.41) is 4.27. The number of anilines is 2. The van der Waals surface area contributed by atoms with E-state index in [4.69, 9.17) is 4.74 Å². The van der Waals surface area contributed by atoms with Crippen LogP contribution in [0.1, 0.15) is 0 Å². The van der Waals surface area contributed by atoms with Gasteiger partial charge >= 0.3 is 0 Å². The molecule has 0 amide bonds. The molecule has 0 aliphatic heterocycles. The number of ether oxygens (including phenoxy) is 1. The summed E-state index contributed by atoms with van der Waals surface area (Å²) < 4.78 is 5.20. The van der Waals surface area contributed by atoms with E-state index in [2.05, 4.69) is 15.3 Å². The number of rotatable bonds is 3. The van der Waals surface area contributed by atoms with Gasteiger partial charge < -0.3 is 10.1 Å². The summed E-state index contributed by atoms with van der Waals surface area (Å²) in [5.74, 6) is 1.63. The minimum atomic E-state index is 0.797. The molecule has 2 heterocycles. The van der Waals surface area contributed by atoms with E-state index < -0.39 is 0 Å². The van der Waals surface area contributed by atoms with Crippen molar-refractivity contribution >= 4 is 22.4 Å². The van der Waals surface area contributed by atoms with Crippen LogP contribution < -0.4 is 10.1 Å². The molecule has 3 aromatic rings. The topological polar surface area (TPSA) is 47.0 Å². The maximum Gasteiger partial charge on any atom is 0.131 e. The SMILES string of the molecule is COc1ccc2nc(Nc3cccnc3)ccc2c1. The van der Waals surface area contributed by atoms with Crippen LogP contribution in [0.5, 0.6) is 5.75 Å². The van der Waals surface area contributed by atoms with Gasteiger partial charge in [0.25, 0.3) is 0 Å². The summed E-state index contributed by atoms with van der Waals surface area (Å²) in [7, 11) is 1.66. The molecule has 1 N–H and O–H groups in total. The van der Waals surface area contributed by atoms with E-state index in [-0.39, 0.29) is 0 Å². The fourth-order valence-electron chi connectivity index (χ4n) is 1.88. The normalized spacial score (nSPS) is 10.4. The Bertz CT molecular complexity index is 698. The first-order valence-electron chi connectivity index (χ1n) is 5.97. The van der Waals surface area contributed by atoms with Crippen molar-refractivity contribution in [2.24, 2.45) is 0 Å². The Kier molecular flexibility index (Phi) is 2.98. The molecule has 0 unspecified atom stereocenters. The van der Waals surface area contributed by atoms with Crippen molar-refractivity contribution in [2.75, 3.05) is 12.4 Å². The van der Waals surface area contributed by atoms with E-state index in [1.165, 1.54) is 0 Å². The van der Waals surface area contributed by atoms with E-state index in [9.17, 15) is 0 Å². The number of nitrogens with zero attached hydrogens (tertiary/aromatic N) is 2. The minimum absolute atomic E-state index is 0.797. The van der Waals surface area contributed by atoms with Crippen LogP contribution in [-0.4, -0.2) is 17.1 Å². The van der Waals surface area contributed by atoms with Gasteiger partial charge in [0.15, 0.2) is 0 Å². The Morgan fingerprint density at radius 2 is 2.05 bits per heavy atom. The highest BCUT2D eigenvalue weighted by molar-refractivity contribution is 5.82. The lowest BCUT2D eigenvalue weighted by atomic mass is 10.2. The monoisotopic (exact) mass is 251 g/mol. The van der Waals surface area contributed by atoms with Gasteiger partial charge in [-0.15, -0.1) is 0 Å². The standard InChI is InChI=1S/C15H13N3O/c1-19-13-5-6-14-11(9-13)4-7-15(18-14)17-12-3-2-8-16-10-12/h2-10H,1H3,(H,17,18). The average molecular weight is 251 g/mol. The third-order valence-electron chi connectivity index (χ3n) is 2.83. The number of pyridine rings is 2. The maximum absolute atomic E-state index is 5.20. The minimum Gasteiger partial charge on any atom is -0.497 e. The van der Waals surface area contributed by atoms with Crippen molar-refractivity contribution in [1.29, 1.82) is 0 Å². The molecule has 4 heteroatoms. The van der Waals surface area contributed by atoms with Crippen LogP contribution in [0.4, 0.5) is 11.5 Å². The van der Waals surface area contributed by atoms with E-state index in [0.29, 0.717) is 0 Å². The van der Waals surface area contributed by atoms with Gasteiger partial charge in [-0.25, -0.2) is 4.98 Å². The molecule has 4 nitrogen and oxygen atoms in total. The van der Waals surface area contributed by atoms with Crippen LogP contribution >= 0.6 is 0 Å². The van der Waals surface area contributed by atoms with Crippen LogP contribution in [-0.2, 0) is 0 Å². The molecule has 2 aromatic heterocycles. The molecule has 1 aromatic carbocycles. The molecule has 94 valence electrons. The lowest BCUT2D eigenvalue weighted by Crippen LogP contribution is -1.94. The van der Waals surface area contributed by atoms with E-state index in [0.717, 1.165) is 28.2 Å². The van der Waals surface area contributed by atoms with Gasteiger partial charge in [0, 0.05) is 11.6 Å². The second-order valence-electron chi connectivity index (χ2n) is 4.12. The smallest absolute Gasteiger partial charge is 0.131 e. The Morgan fingerprint density at radius 3 is 2.84 bits per heavy atom. The van der Waals surface area contributed by atoms with Crippen LogP contribution in [0.15, 0.2) is 54.9 Å². The van der Waals surface area contributed by atoms with Gasteiger partial charge in [-0.2, -0.15) is 0 Å². The number of hydrogen-bond donors (Lipinski definition) is 1. The number of hydrogen-bond acceptors (Lipinski definition) is 4. The zero-order chi connectivity index (χ0) is 13.1. The van der Waals surface area contributed by atoms with Crippen molar-refractivity contribution in [3.63, 3.8) is 0 Å². The second kappa shape index (κ2) is 4.94. The van der Waals surface area contributed by atoms with Crippen molar-refractivity contribution in [3.05, 3.63) is 54.9 Å². The Balaban J connectivity index is 1.94. The predicted molar refractivity (Wildman–Crippen MR) is 75.8 cm³/mol. The predicted octanol–water partition coefficient (Wildman–Crippen LogP) is 3.38. The van der Waals surface area contributed by atoms with Crippen molar-refractivity contribution < 1.29 is 4.74 Å². The molecule has 0 aliphatic carbocycles. The summed E-state index contributed by atoms with van der Waals surface area (Å²) in [5.41, 5.74) is 1.84. The number of fused-ring (bicyclic) bond motifs is 1. The molecular formula is C15H13N3O. The van der Waals surface area contributed by atoms with Gasteiger partial charge in [0.1, 0.15) is 11.6 Å². The highest BCUT2D eigenvalue weighted by Gasteiger charge is 2.00. The Morgan fingerprint density at radius 1 is 1.11 bits per heavy atom. The van der Waals surface area contributed by atoms with E-state index in [1.54, 1.807) is 19.5 Å².